The average molecular weight is 1030 g/mol. The number of rotatable bonds is 24. The van der Waals surface area contributed by atoms with Crippen molar-refractivity contribution in [3.05, 3.63) is 116 Å². The molecule has 2 saturated heterocycles. The smallest absolute Gasteiger partial charge is 0.126 e. The minimum Gasteiger partial charge on any atom is -0.493 e. The molecular formula is C60H84O14. The highest BCUT2D eigenvalue weighted by atomic mass is 16.6. The lowest BCUT2D eigenvalue weighted by Crippen LogP contribution is -2.58. The molecule has 14 nitrogen and oxygen atoms in total. The van der Waals surface area contributed by atoms with Crippen LogP contribution in [0.2, 0.25) is 0 Å². The molecular weight excluding hydrogens is 945 g/mol. The lowest BCUT2D eigenvalue weighted by Gasteiger charge is -2.40. The summed E-state index contributed by atoms with van der Waals surface area (Å²) in [5.41, 5.74) is 10.7. The number of unbranched alkanes of at least 4 members (excludes halogenated alkanes) is 2. The van der Waals surface area contributed by atoms with E-state index in [-0.39, 0.29) is 0 Å². The van der Waals surface area contributed by atoms with Gasteiger partial charge in [-0.3, -0.25) is 0 Å². The number of aliphatic hydroxyl groups excluding tert-OH is 8. The van der Waals surface area contributed by atoms with Gasteiger partial charge in [0.05, 0.1) is 51.8 Å². The van der Waals surface area contributed by atoms with Crippen LogP contribution in [0.3, 0.4) is 0 Å². The molecule has 0 radical (unpaired) electrons. The van der Waals surface area contributed by atoms with Crippen LogP contribution in [0, 0.1) is 0 Å². The van der Waals surface area contributed by atoms with Gasteiger partial charge in [-0.05, 0) is 120 Å². The second kappa shape index (κ2) is 28.2. The van der Waals surface area contributed by atoms with E-state index < -0.39 is 74.3 Å². The zero-order chi connectivity index (χ0) is 52.7. The summed E-state index contributed by atoms with van der Waals surface area (Å²) >= 11 is 0. The van der Waals surface area contributed by atoms with Crippen molar-refractivity contribution in [3.8, 4) is 23.0 Å². The molecule has 2 heterocycles. The molecule has 10 atom stereocenters. The van der Waals surface area contributed by atoms with E-state index in [9.17, 15) is 40.9 Å². The summed E-state index contributed by atoms with van der Waals surface area (Å²) < 4.78 is 38.9. The van der Waals surface area contributed by atoms with Crippen molar-refractivity contribution in [2.45, 2.75) is 191 Å². The Hall–Kier alpha value is -4.32. The molecule has 0 amide bonds. The van der Waals surface area contributed by atoms with Crippen molar-refractivity contribution in [1.29, 1.82) is 0 Å². The normalized spacial score (nSPS) is 24.9. The average Bonchev–Trinajstić information content (AvgIpc) is 3.39. The second-order valence-corrected chi connectivity index (χ2v) is 20.6. The highest BCUT2D eigenvalue weighted by molar-refractivity contribution is 5.57. The van der Waals surface area contributed by atoms with Gasteiger partial charge in [0.1, 0.15) is 71.8 Å². The van der Waals surface area contributed by atoms with Crippen molar-refractivity contribution in [1.82, 2.24) is 0 Å². The summed E-state index contributed by atoms with van der Waals surface area (Å²) in [6, 6.07) is 21.9. The summed E-state index contributed by atoms with van der Waals surface area (Å²) in [6.45, 7) is 9.72. The van der Waals surface area contributed by atoms with E-state index in [4.69, 9.17) is 28.4 Å². The first-order chi connectivity index (χ1) is 35.9. The van der Waals surface area contributed by atoms with Gasteiger partial charge < -0.3 is 69.3 Å². The predicted molar refractivity (Wildman–Crippen MR) is 283 cm³/mol. The standard InChI is InChI=1S/C60H84O14/c1-5-23-69-57-39-17-13-18-40(57)32-44-28-38(16-10-12-22-48-52(64)56(68)54(66)50(36-62)74-48)30-46(60(44)72-26-8-4)34-42-20-14-19-41(58(42)70-24-6-2)33-45-29-37(27-43(31-39)59(45)71-25-7-3)15-9-11-21-47-51(63)55(67)53(65)49(35-61)73-47/h13-14,17-20,27-30,47-56,61-68H,5-12,15-16,21-26,31-36H2,1-4H3/t47-,48-,49+,50+,51-,52-,53-,54-,55+,56+/m0/s1. The number of aliphatic hydroxyl groups is 8. The number of aryl methyl sites for hydroxylation is 2. The number of hydrogen-bond donors (Lipinski definition) is 8. The van der Waals surface area contributed by atoms with Crippen LogP contribution in [0.15, 0.2) is 60.7 Å². The molecule has 3 aliphatic rings. The zero-order valence-electron chi connectivity index (χ0n) is 44.1. The lowest BCUT2D eigenvalue weighted by molar-refractivity contribution is -0.230. The van der Waals surface area contributed by atoms with Gasteiger partial charge in [0, 0.05) is 25.7 Å². The van der Waals surface area contributed by atoms with Gasteiger partial charge in [0.25, 0.3) is 0 Å². The molecule has 4 aromatic carbocycles. The quantitative estimate of drug-likeness (QED) is 0.0305. The molecule has 8 N–H and O–H groups in total. The fourth-order valence-corrected chi connectivity index (χ4v) is 10.9. The third kappa shape index (κ3) is 14.2. The second-order valence-electron chi connectivity index (χ2n) is 20.6. The Kier molecular flexibility index (Phi) is 21.8. The molecule has 74 heavy (non-hydrogen) atoms. The van der Waals surface area contributed by atoms with Crippen molar-refractivity contribution >= 4 is 0 Å². The van der Waals surface area contributed by atoms with Gasteiger partial charge in [0.2, 0.25) is 0 Å². The van der Waals surface area contributed by atoms with Crippen LogP contribution >= 0.6 is 0 Å². The number of fused-ring (bicyclic) bond motifs is 8. The SMILES string of the molecule is CCCOc1c2cccc1Cc1cc(CCCC[C@@H]3O[C@H](CO)[C@H](O)[C@H](O)[C@H]3O)cc(c1OCCC)Cc1cccc(c1OCCC)Cc1cc(CCCC[C@@H]3O[C@H](CO)[C@H](O)[C@H](O)[C@H]3O)cc(c1OCCC)C2. The van der Waals surface area contributed by atoms with E-state index in [1.807, 2.05) is 0 Å². The molecule has 0 saturated carbocycles. The van der Waals surface area contributed by atoms with Gasteiger partial charge in [-0.15, -0.1) is 0 Å². The third-order valence-corrected chi connectivity index (χ3v) is 14.7. The Morgan fingerprint density at radius 2 is 0.676 bits per heavy atom. The molecule has 2 fully saturated rings. The topological polar surface area (TPSA) is 217 Å². The lowest BCUT2D eigenvalue weighted by atomic mass is 9.88. The Bertz CT molecular complexity index is 2110. The van der Waals surface area contributed by atoms with Crippen LogP contribution in [0.25, 0.3) is 0 Å². The summed E-state index contributed by atoms with van der Waals surface area (Å²) in [5.74, 6) is 3.42. The van der Waals surface area contributed by atoms with Gasteiger partial charge in [-0.25, -0.2) is 0 Å². The van der Waals surface area contributed by atoms with Gasteiger partial charge in [-0.1, -0.05) is 101 Å². The van der Waals surface area contributed by atoms with Gasteiger partial charge >= 0.3 is 0 Å². The Labute approximate surface area is 438 Å². The van der Waals surface area contributed by atoms with Gasteiger partial charge in [-0.2, -0.15) is 0 Å². The zero-order valence-corrected chi connectivity index (χ0v) is 44.1. The van der Waals surface area contributed by atoms with E-state index in [1.54, 1.807) is 0 Å². The van der Waals surface area contributed by atoms with Gasteiger partial charge in [0.15, 0.2) is 0 Å². The number of para-hydroxylation sites is 2. The first kappa shape index (κ1) is 57.4. The molecule has 0 aromatic heterocycles. The van der Waals surface area contributed by atoms with Crippen molar-refractivity contribution in [2.75, 3.05) is 39.6 Å². The Morgan fingerprint density at radius 3 is 0.959 bits per heavy atom. The van der Waals surface area contributed by atoms with Crippen LogP contribution in [-0.4, -0.2) is 142 Å². The van der Waals surface area contributed by atoms with Crippen molar-refractivity contribution in [2.24, 2.45) is 0 Å². The van der Waals surface area contributed by atoms with Crippen LogP contribution < -0.4 is 18.9 Å². The molecule has 0 unspecified atom stereocenters. The molecule has 0 spiro atoms. The van der Waals surface area contributed by atoms with E-state index in [0.29, 0.717) is 77.8 Å². The van der Waals surface area contributed by atoms with Crippen molar-refractivity contribution in [3.63, 3.8) is 0 Å². The molecule has 2 aliphatic heterocycles. The maximum Gasteiger partial charge on any atom is 0.126 e. The van der Waals surface area contributed by atoms with E-state index in [2.05, 4.69) is 88.4 Å². The van der Waals surface area contributed by atoms with Crippen LogP contribution in [0.5, 0.6) is 23.0 Å². The molecule has 7 rings (SSSR count). The van der Waals surface area contributed by atoms with Crippen LogP contribution in [0.1, 0.15) is 148 Å². The predicted octanol–water partition coefficient (Wildman–Crippen LogP) is 6.63. The number of hydrogen-bond acceptors (Lipinski definition) is 14. The highest BCUT2D eigenvalue weighted by Gasteiger charge is 2.44. The third-order valence-electron chi connectivity index (χ3n) is 14.7. The fourth-order valence-electron chi connectivity index (χ4n) is 10.9. The summed E-state index contributed by atoms with van der Waals surface area (Å²) in [7, 11) is 0. The van der Waals surface area contributed by atoms with E-state index in [0.717, 1.165) is 130 Å². The molecule has 14 heteroatoms. The van der Waals surface area contributed by atoms with Crippen LogP contribution in [-0.2, 0) is 48.0 Å². The largest absolute Gasteiger partial charge is 0.493 e. The first-order valence-corrected chi connectivity index (χ1v) is 27.6. The maximum absolute atomic E-state index is 10.8. The summed E-state index contributed by atoms with van der Waals surface area (Å²) in [5, 5.41) is 82.7. The summed E-state index contributed by atoms with van der Waals surface area (Å²) in [4.78, 5) is 0. The molecule has 408 valence electrons. The van der Waals surface area contributed by atoms with Crippen LogP contribution in [0.4, 0.5) is 0 Å². The Balaban J connectivity index is 1.29. The monoisotopic (exact) mass is 1030 g/mol. The maximum atomic E-state index is 10.8. The van der Waals surface area contributed by atoms with E-state index >= 15 is 0 Å². The highest BCUT2D eigenvalue weighted by Crippen LogP contribution is 2.41. The Morgan fingerprint density at radius 1 is 0.392 bits per heavy atom. The summed E-state index contributed by atoms with van der Waals surface area (Å²) in [6.07, 6.45) is -0.563. The number of ether oxygens (including phenoxy) is 6. The number of benzene rings is 4. The fraction of sp³-hybridized carbons (Fsp3) is 0.600. The molecule has 4 aromatic rings. The minimum atomic E-state index is -1.40. The van der Waals surface area contributed by atoms with Crippen molar-refractivity contribution < 1.29 is 69.3 Å². The molecule has 1 aliphatic carbocycles. The first-order valence-electron chi connectivity index (χ1n) is 27.6. The minimum absolute atomic E-state index is 0.453. The van der Waals surface area contributed by atoms with E-state index in [1.165, 1.54) is 0 Å². The molecule has 8 bridgehead atoms.